The number of amides is 1. The quantitative estimate of drug-likeness (QED) is 0.434. The van der Waals surface area contributed by atoms with Crippen LogP contribution >= 0.6 is 11.3 Å². The molecule has 0 aliphatic heterocycles. The van der Waals surface area contributed by atoms with Gasteiger partial charge in [-0.25, -0.2) is 4.98 Å². The van der Waals surface area contributed by atoms with Crippen molar-refractivity contribution in [3.8, 4) is 22.3 Å². The van der Waals surface area contributed by atoms with Gasteiger partial charge in [-0.1, -0.05) is 32.0 Å². The summed E-state index contributed by atoms with van der Waals surface area (Å²) in [5.74, 6) is 0.811. The molecule has 0 aliphatic rings. The average Bonchev–Trinajstić information content (AvgIpc) is 3.44. The third-order valence-corrected chi connectivity index (χ3v) is 5.59. The van der Waals surface area contributed by atoms with Gasteiger partial charge in [-0.3, -0.25) is 14.6 Å². The normalized spacial score (nSPS) is 11.0. The number of nitrogens with zero attached hydrogens (tertiary/aromatic N) is 3. The highest BCUT2D eigenvalue weighted by atomic mass is 32.1. The van der Waals surface area contributed by atoms with Gasteiger partial charge in [0.1, 0.15) is 17.3 Å². The maximum Gasteiger partial charge on any atom is 0.260 e. The molecule has 0 atom stereocenters. The molecule has 0 radical (unpaired) electrons. The van der Waals surface area contributed by atoms with E-state index < -0.39 is 0 Å². The van der Waals surface area contributed by atoms with Crippen LogP contribution in [0.4, 0.5) is 5.82 Å². The number of aromatic amines is 1. The van der Waals surface area contributed by atoms with Gasteiger partial charge in [0.2, 0.25) is 5.95 Å². The highest BCUT2D eigenvalue weighted by molar-refractivity contribution is 7.13. The van der Waals surface area contributed by atoms with Crippen LogP contribution in [0.3, 0.4) is 0 Å². The molecule has 3 aromatic heterocycles. The lowest BCUT2D eigenvalue weighted by Gasteiger charge is -2.12. The molecule has 32 heavy (non-hydrogen) atoms. The summed E-state index contributed by atoms with van der Waals surface area (Å²) in [6.45, 7) is 6.22. The molecule has 0 saturated heterocycles. The molecular weight excluding hydrogens is 426 g/mol. The second kappa shape index (κ2) is 9.19. The lowest BCUT2D eigenvalue weighted by Crippen LogP contribution is -2.20. The Hall–Kier alpha value is -3.72. The number of H-pyrrole nitrogens is 1. The molecule has 4 aromatic rings. The number of para-hydroxylation sites is 1. The molecule has 0 unspecified atom stereocenters. The van der Waals surface area contributed by atoms with Gasteiger partial charge in [-0.2, -0.15) is 9.78 Å². The van der Waals surface area contributed by atoms with Crippen molar-refractivity contribution in [2.75, 3.05) is 11.9 Å². The van der Waals surface area contributed by atoms with Crippen molar-refractivity contribution in [1.82, 2.24) is 19.7 Å². The summed E-state index contributed by atoms with van der Waals surface area (Å²) in [5.41, 5.74) is 1.41. The van der Waals surface area contributed by atoms with Gasteiger partial charge in [0, 0.05) is 12.1 Å². The molecule has 9 heteroatoms. The van der Waals surface area contributed by atoms with E-state index in [1.165, 1.54) is 22.1 Å². The first-order chi connectivity index (χ1) is 15.5. The summed E-state index contributed by atoms with van der Waals surface area (Å²) >= 11 is 1.53. The van der Waals surface area contributed by atoms with Crippen molar-refractivity contribution in [2.24, 2.45) is 0 Å². The Morgan fingerprint density at radius 2 is 2.03 bits per heavy atom. The number of thiophene rings is 1. The fraction of sp³-hybridized carbons (Fsp3) is 0.217. The number of anilines is 1. The van der Waals surface area contributed by atoms with Crippen LogP contribution in [-0.2, 0) is 0 Å². The zero-order valence-corrected chi connectivity index (χ0v) is 18.8. The number of carbonyl (C=O) groups is 1. The predicted octanol–water partition coefficient (Wildman–Crippen LogP) is 4.46. The summed E-state index contributed by atoms with van der Waals surface area (Å²) in [7, 11) is 0. The minimum absolute atomic E-state index is 0.0551. The molecular formula is C23H23N5O3S. The summed E-state index contributed by atoms with van der Waals surface area (Å²) in [5, 5.41) is 9.47. The maximum absolute atomic E-state index is 13.1. The minimum Gasteiger partial charge on any atom is -0.493 e. The first-order valence-corrected chi connectivity index (χ1v) is 11.1. The van der Waals surface area contributed by atoms with E-state index in [9.17, 15) is 9.59 Å². The Morgan fingerprint density at radius 3 is 2.75 bits per heavy atom. The largest absolute Gasteiger partial charge is 0.493 e. The van der Waals surface area contributed by atoms with Crippen LogP contribution in [0.1, 0.15) is 42.7 Å². The summed E-state index contributed by atoms with van der Waals surface area (Å²) < 4.78 is 7.04. The molecule has 0 aliphatic carbocycles. The van der Waals surface area contributed by atoms with Crippen molar-refractivity contribution in [3.63, 3.8) is 0 Å². The van der Waals surface area contributed by atoms with Crippen LogP contribution in [0.2, 0.25) is 0 Å². The standard InChI is InChI=1S/C23H23N5O3S/c1-4-31-18-9-6-5-8-15(18)22(30)25-20-12-17(19-10-7-11-32-19)27-28(20)23-24-16(14(2)3)13-21(29)26-23/h5-14H,4H2,1-3H3,(H,25,30)(H,24,26,29). The smallest absolute Gasteiger partial charge is 0.260 e. The van der Waals surface area contributed by atoms with Gasteiger partial charge < -0.3 is 10.1 Å². The number of aromatic nitrogens is 4. The third-order valence-electron chi connectivity index (χ3n) is 4.70. The van der Waals surface area contributed by atoms with Crippen molar-refractivity contribution < 1.29 is 9.53 Å². The van der Waals surface area contributed by atoms with Gasteiger partial charge >= 0.3 is 0 Å². The Bertz CT molecular complexity index is 1290. The molecule has 8 nitrogen and oxygen atoms in total. The number of benzene rings is 1. The molecule has 3 heterocycles. The van der Waals surface area contributed by atoms with Crippen LogP contribution in [0, 0.1) is 0 Å². The molecule has 0 spiro atoms. The van der Waals surface area contributed by atoms with Crippen LogP contribution < -0.4 is 15.6 Å². The van der Waals surface area contributed by atoms with Gasteiger partial charge in [-0.15, -0.1) is 11.3 Å². The molecule has 1 aromatic carbocycles. The third kappa shape index (κ3) is 4.47. The Balaban J connectivity index is 1.79. The van der Waals surface area contributed by atoms with E-state index in [2.05, 4.69) is 20.4 Å². The van der Waals surface area contributed by atoms with Crippen LogP contribution in [0.5, 0.6) is 5.75 Å². The molecule has 0 bridgehead atoms. The van der Waals surface area contributed by atoms with Crippen molar-refractivity contribution in [1.29, 1.82) is 0 Å². The van der Waals surface area contributed by atoms with Crippen LogP contribution in [-0.4, -0.2) is 32.3 Å². The van der Waals surface area contributed by atoms with E-state index in [0.717, 1.165) is 4.88 Å². The van der Waals surface area contributed by atoms with E-state index in [0.29, 0.717) is 35.1 Å². The lowest BCUT2D eigenvalue weighted by molar-refractivity contribution is 0.102. The van der Waals surface area contributed by atoms with Crippen LogP contribution in [0.25, 0.3) is 16.5 Å². The number of rotatable bonds is 7. The molecule has 0 saturated carbocycles. The Morgan fingerprint density at radius 1 is 1.22 bits per heavy atom. The number of hydrogen-bond acceptors (Lipinski definition) is 6. The van der Waals surface area contributed by atoms with Crippen molar-refractivity contribution in [3.05, 3.63) is 75.5 Å². The Kier molecular flexibility index (Phi) is 6.18. The maximum atomic E-state index is 13.1. The fourth-order valence-corrected chi connectivity index (χ4v) is 3.84. The highest BCUT2D eigenvalue weighted by Crippen LogP contribution is 2.28. The van der Waals surface area contributed by atoms with Crippen LogP contribution in [0.15, 0.2) is 58.7 Å². The SMILES string of the molecule is CCOc1ccccc1C(=O)Nc1cc(-c2cccs2)nn1-c1nc(C(C)C)cc(=O)[nH]1. The number of nitrogens with one attached hydrogen (secondary N) is 2. The predicted molar refractivity (Wildman–Crippen MR) is 125 cm³/mol. The number of carbonyl (C=O) groups excluding carboxylic acids is 1. The van der Waals surface area contributed by atoms with Gasteiger partial charge in [0.05, 0.1) is 22.7 Å². The molecule has 1 amide bonds. The fourth-order valence-electron chi connectivity index (χ4n) is 3.15. The topological polar surface area (TPSA) is 102 Å². The highest BCUT2D eigenvalue weighted by Gasteiger charge is 2.19. The van der Waals surface area contributed by atoms with E-state index in [4.69, 9.17) is 4.74 Å². The Labute approximate surface area is 188 Å². The second-order valence-corrected chi connectivity index (χ2v) is 8.28. The van der Waals surface area contributed by atoms with Gasteiger partial charge in [0.25, 0.3) is 11.5 Å². The first kappa shape index (κ1) is 21.5. The van der Waals surface area contributed by atoms with Gasteiger partial charge in [0.15, 0.2) is 0 Å². The monoisotopic (exact) mass is 449 g/mol. The zero-order chi connectivity index (χ0) is 22.7. The van der Waals surface area contributed by atoms with E-state index in [1.54, 1.807) is 24.3 Å². The van der Waals surface area contributed by atoms with E-state index in [-0.39, 0.29) is 23.3 Å². The summed E-state index contributed by atoms with van der Waals surface area (Å²) in [4.78, 5) is 33.6. The lowest BCUT2D eigenvalue weighted by atomic mass is 10.1. The van der Waals surface area contributed by atoms with Crippen molar-refractivity contribution >= 4 is 23.1 Å². The molecule has 2 N–H and O–H groups in total. The van der Waals surface area contributed by atoms with E-state index >= 15 is 0 Å². The van der Waals surface area contributed by atoms with Gasteiger partial charge in [-0.05, 0) is 36.4 Å². The summed E-state index contributed by atoms with van der Waals surface area (Å²) in [6.07, 6.45) is 0. The van der Waals surface area contributed by atoms with Crippen molar-refractivity contribution in [2.45, 2.75) is 26.7 Å². The summed E-state index contributed by atoms with van der Waals surface area (Å²) in [6, 6.07) is 14.1. The molecule has 4 rings (SSSR count). The van der Waals surface area contributed by atoms with E-state index in [1.807, 2.05) is 44.4 Å². The number of hydrogen-bond donors (Lipinski definition) is 2. The second-order valence-electron chi connectivity index (χ2n) is 7.34. The molecule has 164 valence electrons. The first-order valence-electron chi connectivity index (χ1n) is 10.2. The minimum atomic E-state index is -0.352. The number of ether oxygens (including phenoxy) is 1. The molecule has 0 fully saturated rings. The zero-order valence-electron chi connectivity index (χ0n) is 18.0. The average molecular weight is 450 g/mol.